The lowest BCUT2D eigenvalue weighted by Gasteiger charge is -2.24. The summed E-state index contributed by atoms with van der Waals surface area (Å²) >= 11 is 1.49. The van der Waals surface area contributed by atoms with Crippen LogP contribution in [0.2, 0.25) is 0 Å². The van der Waals surface area contributed by atoms with Crippen LogP contribution >= 0.6 is 11.8 Å². The Balaban J connectivity index is 1.59. The Morgan fingerprint density at radius 3 is 2.86 bits per heavy atom. The molecule has 1 amide bonds. The molecule has 0 saturated heterocycles. The van der Waals surface area contributed by atoms with E-state index < -0.39 is 0 Å². The van der Waals surface area contributed by atoms with Gasteiger partial charge in [0.2, 0.25) is 5.91 Å². The van der Waals surface area contributed by atoms with E-state index in [9.17, 15) is 4.79 Å². The van der Waals surface area contributed by atoms with Crippen molar-refractivity contribution in [2.45, 2.75) is 55.5 Å². The van der Waals surface area contributed by atoms with Gasteiger partial charge in [0.1, 0.15) is 0 Å². The molecule has 0 spiro atoms. The quantitative estimate of drug-likeness (QED) is 0.850. The lowest BCUT2D eigenvalue weighted by molar-refractivity contribution is -0.121. The number of fused-ring (bicyclic) bond motifs is 1. The first-order chi connectivity index (χ1) is 10.2. The van der Waals surface area contributed by atoms with Gasteiger partial charge in [-0.25, -0.2) is 4.98 Å². The number of imidazole rings is 1. The second kappa shape index (κ2) is 6.52. The van der Waals surface area contributed by atoms with Gasteiger partial charge < -0.3 is 10.3 Å². The van der Waals surface area contributed by atoms with Gasteiger partial charge in [0, 0.05) is 6.04 Å². The number of hydrogen-bond donors (Lipinski definition) is 2. The molecule has 1 saturated carbocycles. The molecule has 1 aliphatic rings. The number of thioether (sulfide) groups is 1. The van der Waals surface area contributed by atoms with Crippen LogP contribution in [0.5, 0.6) is 0 Å². The highest BCUT2D eigenvalue weighted by atomic mass is 32.2. The van der Waals surface area contributed by atoms with E-state index in [1.807, 2.05) is 31.2 Å². The third-order valence-electron chi connectivity index (χ3n) is 3.98. The maximum absolute atomic E-state index is 12.3. The fourth-order valence-corrected chi connectivity index (χ4v) is 3.60. The molecule has 3 rings (SSSR count). The first kappa shape index (κ1) is 14.4. The van der Waals surface area contributed by atoms with Crippen LogP contribution in [0.1, 0.15) is 39.0 Å². The van der Waals surface area contributed by atoms with Crippen LogP contribution in [-0.4, -0.2) is 27.2 Å². The number of benzene rings is 1. The van der Waals surface area contributed by atoms with Gasteiger partial charge in [-0.2, -0.15) is 0 Å². The summed E-state index contributed by atoms with van der Waals surface area (Å²) in [6.45, 7) is 1.94. The predicted molar refractivity (Wildman–Crippen MR) is 86.4 cm³/mol. The first-order valence-electron chi connectivity index (χ1n) is 7.64. The highest BCUT2D eigenvalue weighted by Gasteiger charge is 2.21. The lowest BCUT2D eigenvalue weighted by atomic mass is 9.95. The summed E-state index contributed by atoms with van der Waals surface area (Å²) < 4.78 is 0. The maximum Gasteiger partial charge on any atom is 0.233 e. The van der Waals surface area contributed by atoms with Gasteiger partial charge in [0.05, 0.1) is 16.3 Å². The van der Waals surface area contributed by atoms with Gasteiger partial charge >= 0.3 is 0 Å². The summed E-state index contributed by atoms with van der Waals surface area (Å²) in [6, 6.07) is 8.29. The second-order valence-corrected chi connectivity index (χ2v) is 6.99. The molecule has 112 valence electrons. The Morgan fingerprint density at radius 1 is 1.33 bits per heavy atom. The highest BCUT2D eigenvalue weighted by molar-refractivity contribution is 8.00. The molecule has 0 radical (unpaired) electrons. The third-order valence-corrected chi connectivity index (χ3v) is 4.96. The van der Waals surface area contributed by atoms with Gasteiger partial charge in [-0.3, -0.25) is 4.79 Å². The zero-order valence-corrected chi connectivity index (χ0v) is 13.1. The topological polar surface area (TPSA) is 57.8 Å². The standard InChI is InChI=1S/C16H21N3OS/c1-11(15(20)17-12-7-3-2-4-8-12)21-16-18-13-9-5-6-10-14(13)19-16/h5-6,9-12H,2-4,7-8H2,1H3,(H,17,20)(H,18,19)/t11-/m1/s1. The Bertz CT molecular complexity index is 586. The van der Waals surface area contributed by atoms with Crippen LogP contribution in [0.15, 0.2) is 29.4 Å². The fraction of sp³-hybridized carbons (Fsp3) is 0.500. The zero-order chi connectivity index (χ0) is 14.7. The molecule has 21 heavy (non-hydrogen) atoms. The van der Waals surface area contributed by atoms with Crippen LogP contribution in [-0.2, 0) is 4.79 Å². The maximum atomic E-state index is 12.3. The third kappa shape index (κ3) is 3.59. The summed E-state index contributed by atoms with van der Waals surface area (Å²) in [5.74, 6) is 0.118. The molecule has 4 nitrogen and oxygen atoms in total. The SMILES string of the molecule is C[C@@H](Sc1nc2ccccc2[nH]1)C(=O)NC1CCCCC1. The Morgan fingerprint density at radius 2 is 2.10 bits per heavy atom. The molecule has 1 fully saturated rings. The molecule has 2 aromatic rings. The number of para-hydroxylation sites is 2. The molecule has 1 atom stereocenters. The molecular formula is C16H21N3OS. The summed E-state index contributed by atoms with van der Waals surface area (Å²) in [5.41, 5.74) is 1.96. The predicted octanol–water partition coefficient (Wildman–Crippen LogP) is 3.49. The fourth-order valence-electron chi connectivity index (χ4n) is 2.77. The number of nitrogens with one attached hydrogen (secondary N) is 2. The van der Waals surface area contributed by atoms with E-state index in [0.29, 0.717) is 6.04 Å². The van der Waals surface area contributed by atoms with Crippen molar-refractivity contribution in [3.63, 3.8) is 0 Å². The summed E-state index contributed by atoms with van der Waals surface area (Å²) in [7, 11) is 0. The number of aromatic amines is 1. The van der Waals surface area contributed by atoms with Crippen molar-refractivity contribution < 1.29 is 4.79 Å². The van der Waals surface area contributed by atoms with Crippen molar-refractivity contribution in [1.29, 1.82) is 0 Å². The van der Waals surface area contributed by atoms with E-state index in [4.69, 9.17) is 0 Å². The molecule has 1 aromatic carbocycles. The lowest BCUT2D eigenvalue weighted by Crippen LogP contribution is -2.40. The smallest absolute Gasteiger partial charge is 0.233 e. The van der Waals surface area contributed by atoms with E-state index >= 15 is 0 Å². The number of carbonyl (C=O) groups is 1. The molecular weight excluding hydrogens is 282 g/mol. The van der Waals surface area contributed by atoms with Crippen molar-refractivity contribution in [2.24, 2.45) is 0 Å². The van der Waals surface area contributed by atoms with E-state index in [2.05, 4.69) is 15.3 Å². The molecule has 1 aromatic heterocycles. The summed E-state index contributed by atoms with van der Waals surface area (Å²) in [5, 5.41) is 3.85. The van der Waals surface area contributed by atoms with Gasteiger partial charge in [0.25, 0.3) is 0 Å². The Labute approximate surface area is 129 Å². The van der Waals surface area contributed by atoms with Crippen LogP contribution < -0.4 is 5.32 Å². The van der Waals surface area contributed by atoms with E-state index in [-0.39, 0.29) is 11.2 Å². The molecule has 0 aliphatic heterocycles. The van der Waals surface area contributed by atoms with Crippen LogP contribution in [0, 0.1) is 0 Å². The minimum absolute atomic E-state index is 0.118. The van der Waals surface area contributed by atoms with E-state index in [1.165, 1.54) is 31.0 Å². The number of amides is 1. The molecule has 0 unspecified atom stereocenters. The minimum atomic E-state index is -0.132. The van der Waals surface area contributed by atoms with E-state index in [0.717, 1.165) is 29.0 Å². The second-order valence-electron chi connectivity index (χ2n) is 5.66. The van der Waals surface area contributed by atoms with Crippen molar-refractivity contribution in [3.05, 3.63) is 24.3 Å². The van der Waals surface area contributed by atoms with Crippen molar-refractivity contribution in [3.8, 4) is 0 Å². The van der Waals surface area contributed by atoms with Gasteiger partial charge in [-0.1, -0.05) is 43.2 Å². The molecule has 2 N–H and O–H groups in total. The minimum Gasteiger partial charge on any atom is -0.352 e. The number of aromatic nitrogens is 2. The largest absolute Gasteiger partial charge is 0.352 e. The average molecular weight is 303 g/mol. The van der Waals surface area contributed by atoms with Crippen LogP contribution in [0.3, 0.4) is 0 Å². The molecule has 1 heterocycles. The van der Waals surface area contributed by atoms with Gasteiger partial charge in [0.15, 0.2) is 5.16 Å². The number of hydrogen-bond acceptors (Lipinski definition) is 3. The van der Waals surface area contributed by atoms with E-state index in [1.54, 1.807) is 0 Å². The van der Waals surface area contributed by atoms with Crippen molar-refractivity contribution in [2.75, 3.05) is 0 Å². The monoisotopic (exact) mass is 303 g/mol. The van der Waals surface area contributed by atoms with Crippen molar-refractivity contribution >= 4 is 28.7 Å². The molecule has 0 bridgehead atoms. The van der Waals surface area contributed by atoms with Crippen LogP contribution in [0.25, 0.3) is 11.0 Å². The first-order valence-corrected chi connectivity index (χ1v) is 8.52. The highest BCUT2D eigenvalue weighted by Crippen LogP contribution is 2.24. The number of H-pyrrole nitrogens is 1. The summed E-state index contributed by atoms with van der Waals surface area (Å²) in [6.07, 6.45) is 6.00. The normalized spacial score (nSPS) is 17.8. The Hall–Kier alpha value is -1.49. The molecule has 5 heteroatoms. The molecule has 1 aliphatic carbocycles. The van der Waals surface area contributed by atoms with Crippen LogP contribution in [0.4, 0.5) is 0 Å². The summed E-state index contributed by atoms with van der Waals surface area (Å²) in [4.78, 5) is 20.0. The van der Waals surface area contributed by atoms with Crippen molar-refractivity contribution in [1.82, 2.24) is 15.3 Å². The Kier molecular flexibility index (Phi) is 4.48. The number of nitrogens with zero attached hydrogens (tertiary/aromatic N) is 1. The van der Waals surface area contributed by atoms with Gasteiger partial charge in [-0.15, -0.1) is 0 Å². The zero-order valence-electron chi connectivity index (χ0n) is 12.3. The average Bonchev–Trinajstić information content (AvgIpc) is 2.90. The number of carbonyl (C=O) groups excluding carboxylic acids is 1. The van der Waals surface area contributed by atoms with Gasteiger partial charge in [-0.05, 0) is 31.9 Å². The number of rotatable bonds is 4.